The van der Waals surface area contributed by atoms with Crippen LogP contribution in [0.2, 0.25) is 0 Å². The molecule has 0 radical (unpaired) electrons. The van der Waals surface area contributed by atoms with Gasteiger partial charge in [0.25, 0.3) is 0 Å². The molecule has 4 atom stereocenters. The molecule has 210 valence electrons. The molecule has 1 aromatic heterocycles. The van der Waals surface area contributed by atoms with Crippen molar-refractivity contribution in [3.8, 4) is 11.3 Å². The van der Waals surface area contributed by atoms with E-state index in [4.69, 9.17) is 9.72 Å². The number of anilines is 1. The lowest BCUT2D eigenvalue weighted by atomic mass is 9.81. The summed E-state index contributed by atoms with van der Waals surface area (Å²) in [4.78, 5) is 58.3. The number of imide groups is 1. The van der Waals surface area contributed by atoms with Crippen molar-refractivity contribution in [2.45, 2.75) is 19.3 Å². The lowest BCUT2D eigenvalue weighted by molar-refractivity contribution is -0.123. The van der Waals surface area contributed by atoms with Crippen LogP contribution in [-0.2, 0) is 14.3 Å². The number of ketones is 1. The Labute approximate surface area is 248 Å². The van der Waals surface area contributed by atoms with E-state index < -0.39 is 24.2 Å². The molecule has 0 spiro atoms. The second kappa shape index (κ2) is 10.2. The van der Waals surface area contributed by atoms with E-state index in [0.29, 0.717) is 39.7 Å². The molecule has 7 rings (SSSR count). The number of Topliss-reactive ketones (excluding diaryl/α,β-unsaturated/α-hetero) is 1. The molecule has 0 N–H and O–H groups in total. The fourth-order valence-corrected chi connectivity index (χ4v) is 7.25. The first-order chi connectivity index (χ1) is 20.3. The van der Waals surface area contributed by atoms with Crippen molar-refractivity contribution in [3.05, 3.63) is 94.2 Å². The van der Waals surface area contributed by atoms with Crippen LogP contribution in [0, 0.1) is 29.5 Å². The Morgan fingerprint density at radius 1 is 0.905 bits per heavy atom. The summed E-state index contributed by atoms with van der Waals surface area (Å²) in [5.41, 5.74) is 2.71. The van der Waals surface area contributed by atoms with Crippen molar-refractivity contribution < 1.29 is 28.3 Å². The van der Waals surface area contributed by atoms with Crippen LogP contribution < -0.4 is 4.90 Å². The number of hydrogen-bond donors (Lipinski definition) is 0. The van der Waals surface area contributed by atoms with Gasteiger partial charge in [-0.3, -0.25) is 19.3 Å². The number of carbonyl (C=O) groups is 4. The van der Waals surface area contributed by atoms with Gasteiger partial charge >= 0.3 is 5.97 Å². The SMILES string of the molecule is O=C(COC(=O)c1cc(-c2ccc(N3C(=O)C4C5CCC(C5)C4C3=O)cc2)nc2ccc(Br)cc12)c1ccc(F)cc1. The van der Waals surface area contributed by atoms with E-state index in [0.717, 1.165) is 23.7 Å². The third-order valence-electron chi connectivity index (χ3n) is 8.84. The van der Waals surface area contributed by atoms with E-state index in [2.05, 4.69) is 15.9 Å². The zero-order valence-electron chi connectivity index (χ0n) is 22.3. The van der Waals surface area contributed by atoms with Crippen LogP contribution in [0.1, 0.15) is 40.0 Å². The summed E-state index contributed by atoms with van der Waals surface area (Å²) in [6.07, 6.45) is 3.02. The second-order valence-electron chi connectivity index (χ2n) is 11.2. The maximum Gasteiger partial charge on any atom is 0.339 e. The van der Waals surface area contributed by atoms with Crippen molar-refractivity contribution in [1.82, 2.24) is 4.98 Å². The average Bonchev–Trinajstić information content (AvgIpc) is 3.69. The van der Waals surface area contributed by atoms with Crippen molar-refractivity contribution >= 4 is 56.1 Å². The van der Waals surface area contributed by atoms with Crippen molar-refractivity contribution in [2.24, 2.45) is 23.7 Å². The zero-order chi connectivity index (χ0) is 29.1. The molecule has 3 fully saturated rings. The third-order valence-corrected chi connectivity index (χ3v) is 9.33. The summed E-state index contributed by atoms with van der Waals surface area (Å²) < 4.78 is 19.3. The van der Waals surface area contributed by atoms with E-state index in [1.807, 2.05) is 6.07 Å². The Bertz CT molecular complexity index is 1760. The number of rotatable bonds is 6. The molecule has 1 aliphatic heterocycles. The molecule has 2 saturated carbocycles. The van der Waals surface area contributed by atoms with Crippen molar-refractivity contribution in [3.63, 3.8) is 0 Å². The fraction of sp³-hybridized carbons (Fsp3) is 0.242. The highest BCUT2D eigenvalue weighted by Crippen LogP contribution is 2.56. The predicted molar refractivity (Wildman–Crippen MR) is 156 cm³/mol. The summed E-state index contributed by atoms with van der Waals surface area (Å²) in [6, 6.07) is 19.0. The summed E-state index contributed by atoms with van der Waals surface area (Å²) in [5.74, 6) is -1.59. The number of nitrogens with zero attached hydrogens (tertiary/aromatic N) is 2. The number of hydrogen-bond acceptors (Lipinski definition) is 6. The highest BCUT2D eigenvalue weighted by molar-refractivity contribution is 9.10. The predicted octanol–water partition coefficient (Wildman–Crippen LogP) is 6.38. The molecule has 2 bridgehead atoms. The van der Waals surface area contributed by atoms with Crippen LogP contribution in [0.25, 0.3) is 22.2 Å². The topological polar surface area (TPSA) is 93.6 Å². The third kappa shape index (κ3) is 4.43. The van der Waals surface area contributed by atoms with E-state index >= 15 is 0 Å². The molecule has 2 aliphatic carbocycles. The van der Waals surface area contributed by atoms with E-state index in [1.54, 1.807) is 42.5 Å². The van der Waals surface area contributed by atoms with Crippen molar-refractivity contribution in [1.29, 1.82) is 0 Å². The summed E-state index contributed by atoms with van der Waals surface area (Å²) >= 11 is 3.43. The van der Waals surface area contributed by atoms with Gasteiger partial charge in [0.15, 0.2) is 12.4 Å². The van der Waals surface area contributed by atoms with Crippen LogP contribution >= 0.6 is 15.9 Å². The van der Waals surface area contributed by atoms with Crippen LogP contribution in [-0.4, -0.2) is 35.2 Å². The minimum atomic E-state index is -0.705. The van der Waals surface area contributed by atoms with Crippen LogP contribution in [0.15, 0.2) is 77.3 Å². The van der Waals surface area contributed by atoms with Gasteiger partial charge in [0.1, 0.15) is 5.82 Å². The molecule has 7 nitrogen and oxygen atoms in total. The van der Waals surface area contributed by atoms with Gasteiger partial charge in [0.2, 0.25) is 11.8 Å². The Kier molecular flexibility index (Phi) is 6.50. The number of amides is 2. The summed E-state index contributed by atoms with van der Waals surface area (Å²) in [7, 11) is 0. The monoisotopic (exact) mass is 626 g/mol. The molecular weight excluding hydrogens is 603 g/mol. The van der Waals surface area contributed by atoms with Crippen LogP contribution in [0.3, 0.4) is 0 Å². The maximum atomic E-state index is 13.2. The lowest BCUT2D eigenvalue weighted by Gasteiger charge is -2.19. The first-order valence-electron chi connectivity index (χ1n) is 13.8. The first-order valence-corrected chi connectivity index (χ1v) is 14.6. The summed E-state index contributed by atoms with van der Waals surface area (Å²) in [6.45, 7) is -0.506. The Morgan fingerprint density at radius 2 is 1.57 bits per heavy atom. The van der Waals surface area contributed by atoms with Gasteiger partial charge in [-0.15, -0.1) is 0 Å². The first kappa shape index (κ1) is 26.6. The molecule has 3 aliphatic rings. The van der Waals surface area contributed by atoms with Gasteiger partial charge in [0.05, 0.1) is 34.3 Å². The van der Waals surface area contributed by atoms with Crippen molar-refractivity contribution in [2.75, 3.05) is 11.5 Å². The van der Waals surface area contributed by atoms with Crippen LogP contribution in [0.5, 0.6) is 0 Å². The van der Waals surface area contributed by atoms with Gasteiger partial charge in [-0.2, -0.15) is 0 Å². The Balaban J connectivity index is 1.16. The molecule has 42 heavy (non-hydrogen) atoms. The quantitative estimate of drug-likeness (QED) is 0.140. The smallest absolute Gasteiger partial charge is 0.339 e. The number of halogens is 2. The molecule has 9 heteroatoms. The fourth-order valence-electron chi connectivity index (χ4n) is 6.89. The second-order valence-corrected chi connectivity index (χ2v) is 12.1. The largest absolute Gasteiger partial charge is 0.454 e. The molecule has 2 amide bonds. The minimum Gasteiger partial charge on any atom is -0.454 e. The molecule has 3 aromatic carbocycles. The maximum absolute atomic E-state index is 13.2. The number of carbonyl (C=O) groups excluding carboxylic acids is 4. The van der Waals surface area contributed by atoms with Gasteiger partial charge in [-0.1, -0.05) is 28.1 Å². The number of esters is 1. The van der Waals surface area contributed by atoms with E-state index in [9.17, 15) is 23.6 Å². The summed E-state index contributed by atoms with van der Waals surface area (Å²) in [5, 5.41) is 0.540. The molecule has 4 aromatic rings. The van der Waals surface area contributed by atoms with Gasteiger partial charge in [0, 0.05) is 21.0 Å². The zero-order valence-corrected chi connectivity index (χ0v) is 23.8. The Morgan fingerprint density at radius 3 is 2.24 bits per heavy atom. The molecule has 4 unspecified atom stereocenters. The van der Waals surface area contributed by atoms with Gasteiger partial charge in [-0.25, -0.2) is 14.2 Å². The molecule has 2 heterocycles. The molecular formula is C33H24BrFN2O5. The number of aromatic nitrogens is 1. The molecule has 1 saturated heterocycles. The number of fused-ring (bicyclic) bond motifs is 6. The minimum absolute atomic E-state index is 0.0976. The Hall–Kier alpha value is -4.24. The van der Waals surface area contributed by atoms with Gasteiger partial charge < -0.3 is 4.74 Å². The highest BCUT2D eigenvalue weighted by atomic mass is 79.9. The highest BCUT2D eigenvalue weighted by Gasteiger charge is 2.61. The van der Waals surface area contributed by atoms with E-state index in [1.165, 1.54) is 29.2 Å². The van der Waals surface area contributed by atoms with Crippen LogP contribution in [0.4, 0.5) is 10.1 Å². The number of ether oxygens (including phenoxy) is 1. The van der Waals surface area contributed by atoms with E-state index in [-0.39, 0.29) is 34.8 Å². The standard InChI is InChI=1S/C33H24BrFN2O5/c34-21-7-12-26-24(14-21)25(33(41)42-16-28(38)18-3-8-22(35)9-4-18)15-27(36-26)17-5-10-23(11-6-17)37-31(39)29-19-1-2-20(13-19)30(29)32(37)40/h3-12,14-15,19-20,29-30H,1-2,13,16H2. The normalized spacial score (nSPS) is 22.6. The number of benzene rings is 3. The lowest BCUT2D eigenvalue weighted by Crippen LogP contribution is -2.32. The average molecular weight is 627 g/mol. The number of pyridine rings is 1. The van der Waals surface area contributed by atoms with Gasteiger partial charge in [-0.05, 0) is 91.8 Å².